The summed E-state index contributed by atoms with van der Waals surface area (Å²) in [4.78, 5) is 4.85. The lowest BCUT2D eigenvalue weighted by Gasteiger charge is -2.23. The van der Waals surface area contributed by atoms with Gasteiger partial charge < -0.3 is 9.80 Å². The van der Waals surface area contributed by atoms with Gasteiger partial charge in [0.1, 0.15) is 0 Å². The minimum absolute atomic E-state index is 1.08. The normalized spacial score (nSPS) is 11.5. The van der Waals surface area contributed by atoms with Gasteiger partial charge in [0.05, 0.1) is 0 Å². The highest BCUT2D eigenvalue weighted by atomic mass is 15.1. The Bertz CT molecular complexity index is 260. The van der Waals surface area contributed by atoms with E-state index in [9.17, 15) is 0 Å². The molecule has 0 aromatic carbocycles. The summed E-state index contributed by atoms with van der Waals surface area (Å²) in [6, 6.07) is 0. The fraction of sp³-hybridized carbons (Fsp3) is 0.800. The lowest BCUT2D eigenvalue weighted by Crippen LogP contribution is -2.29. The van der Waals surface area contributed by atoms with Crippen LogP contribution in [-0.2, 0) is 0 Å². The van der Waals surface area contributed by atoms with Crippen molar-refractivity contribution in [3.63, 3.8) is 0 Å². The highest BCUT2D eigenvalue weighted by Gasteiger charge is 2.05. The van der Waals surface area contributed by atoms with E-state index in [0.717, 1.165) is 6.54 Å². The zero-order valence-electron chi connectivity index (χ0n) is 15.5. The summed E-state index contributed by atoms with van der Waals surface area (Å²) in [5.41, 5.74) is 0. The molecule has 0 atom stereocenters. The smallest absolute Gasteiger partial charge is 0.0231 e. The quantitative estimate of drug-likeness (QED) is 0.332. The molecule has 0 saturated heterocycles. The molecule has 0 fully saturated rings. The van der Waals surface area contributed by atoms with Gasteiger partial charge in [0, 0.05) is 6.54 Å². The van der Waals surface area contributed by atoms with Crippen LogP contribution in [0.5, 0.6) is 0 Å². The second-order valence-electron chi connectivity index (χ2n) is 6.22. The van der Waals surface area contributed by atoms with E-state index in [1.807, 2.05) is 6.20 Å². The zero-order chi connectivity index (χ0) is 16.5. The van der Waals surface area contributed by atoms with Crippen molar-refractivity contribution in [1.29, 1.82) is 0 Å². The Morgan fingerprint density at radius 2 is 1.32 bits per heavy atom. The molecule has 0 rings (SSSR count). The first-order chi connectivity index (χ1) is 10.8. The summed E-state index contributed by atoms with van der Waals surface area (Å²) in [7, 11) is 0. The molecule has 0 aromatic heterocycles. The number of rotatable bonds is 16. The van der Waals surface area contributed by atoms with E-state index in [0.29, 0.717) is 0 Å². The SMILES string of the molecule is C=CN(/C=C\C)CCCN(CCCC)CCCCCCCC. The maximum atomic E-state index is 3.87. The second kappa shape index (κ2) is 16.6. The molecule has 22 heavy (non-hydrogen) atoms. The van der Waals surface area contributed by atoms with Gasteiger partial charge in [-0.3, -0.25) is 0 Å². The largest absolute Gasteiger partial charge is 0.355 e. The van der Waals surface area contributed by atoms with Gasteiger partial charge in [0.25, 0.3) is 0 Å². The molecule has 0 amide bonds. The van der Waals surface area contributed by atoms with Gasteiger partial charge in [0.2, 0.25) is 0 Å². The highest BCUT2D eigenvalue weighted by Crippen LogP contribution is 2.07. The third kappa shape index (κ3) is 12.9. The molecule has 0 N–H and O–H groups in total. The number of allylic oxidation sites excluding steroid dienone is 1. The predicted molar refractivity (Wildman–Crippen MR) is 101 cm³/mol. The van der Waals surface area contributed by atoms with Crippen LogP contribution in [0, 0.1) is 0 Å². The third-order valence-corrected chi connectivity index (χ3v) is 4.12. The lowest BCUT2D eigenvalue weighted by molar-refractivity contribution is 0.252. The molecule has 0 saturated carbocycles. The van der Waals surface area contributed by atoms with Crippen LogP contribution in [0.2, 0.25) is 0 Å². The summed E-state index contributed by atoms with van der Waals surface area (Å²) in [6.45, 7) is 15.3. The molecule has 0 unspecified atom stereocenters. The topological polar surface area (TPSA) is 6.48 Å². The zero-order valence-corrected chi connectivity index (χ0v) is 15.5. The average Bonchev–Trinajstić information content (AvgIpc) is 2.54. The molecular weight excluding hydrogens is 268 g/mol. The second-order valence-corrected chi connectivity index (χ2v) is 6.22. The van der Waals surface area contributed by atoms with Crippen molar-refractivity contribution in [1.82, 2.24) is 9.80 Å². The third-order valence-electron chi connectivity index (χ3n) is 4.12. The van der Waals surface area contributed by atoms with Gasteiger partial charge in [-0.1, -0.05) is 65.0 Å². The summed E-state index contributed by atoms with van der Waals surface area (Å²) in [6.07, 6.45) is 18.3. The van der Waals surface area contributed by atoms with E-state index in [2.05, 4.69) is 49.4 Å². The Morgan fingerprint density at radius 3 is 1.95 bits per heavy atom. The molecule has 0 aliphatic heterocycles. The van der Waals surface area contributed by atoms with E-state index in [4.69, 9.17) is 0 Å². The molecule has 0 spiro atoms. The van der Waals surface area contributed by atoms with Crippen LogP contribution in [0.3, 0.4) is 0 Å². The monoisotopic (exact) mass is 308 g/mol. The summed E-state index contributed by atoms with van der Waals surface area (Å²) < 4.78 is 0. The fourth-order valence-electron chi connectivity index (χ4n) is 2.73. The van der Waals surface area contributed by atoms with E-state index in [1.54, 1.807) is 0 Å². The average molecular weight is 309 g/mol. The predicted octanol–water partition coefficient (Wildman–Crippen LogP) is 5.82. The van der Waals surface area contributed by atoms with Crippen molar-refractivity contribution >= 4 is 0 Å². The van der Waals surface area contributed by atoms with Crippen molar-refractivity contribution in [3.8, 4) is 0 Å². The molecule has 0 aromatic rings. The van der Waals surface area contributed by atoms with Crippen molar-refractivity contribution in [3.05, 3.63) is 25.1 Å². The van der Waals surface area contributed by atoms with Crippen molar-refractivity contribution < 1.29 is 0 Å². The van der Waals surface area contributed by atoms with Gasteiger partial charge >= 0.3 is 0 Å². The number of hydrogen-bond donors (Lipinski definition) is 0. The molecular formula is C20H40N2. The minimum atomic E-state index is 1.08. The maximum Gasteiger partial charge on any atom is 0.0231 e. The molecule has 0 aliphatic rings. The first-order valence-corrected chi connectivity index (χ1v) is 9.51. The Hall–Kier alpha value is -0.760. The fourth-order valence-corrected chi connectivity index (χ4v) is 2.73. The lowest BCUT2D eigenvalue weighted by atomic mass is 10.1. The van der Waals surface area contributed by atoms with Crippen LogP contribution >= 0.6 is 0 Å². The number of hydrogen-bond acceptors (Lipinski definition) is 2. The van der Waals surface area contributed by atoms with Crippen LogP contribution in [-0.4, -0.2) is 36.0 Å². The number of nitrogens with zero attached hydrogens (tertiary/aromatic N) is 2. The van der Waals surface area contributed by atoms with Crippen molar-refractivity contribution in [2.24, 2.45) is 0 Å². The maximum absolute atomic E-state index is 3.87. The van der Waals surface area contributed by atoms with Crippen LogP contribution < -0.4 is 0 Å². The summed E-state index contributed by atoms with van der Waals surface area (Å²) in [5.74, 6) is 0. The van der Waals surface area contributed by atoms with E-state index >= 15 is 0 Å². The van der Waals surface area contributed by atoms with Crippen molar-refractivity contribution in [2.75, 3.05) is 26.2 Å². The first kappa shape index (κ1) is 21.2. The van der Waals surface area contributed by atoms with Gasteiger partial charge in [-0.25, -0.2) is 0 Å². The Labute approximate surface area is 140 Å². The first-order valence-electron chi connectivity index (χ1n) is 9.51. The van der Waals surface area contributed by atoms with Crippen LogP contribution in [0.1, 0.15) is 78.6 Å². The molecule has 0 bridgehead atoms. The molecule has 2 heteroatoms. The van der Waals surface area contributed by atoms with Crippen molar-refractivity contribution in [2.45, 2.75) is 78.6 Å². The Kier molecular flexibility index (Phi) is 16.0. The van der Waals surface area contributed by atoms with E-state index < -0.39 is 0 Å². The molecule has 0 radical (unpaired) electrons. The number of unbranched alkanes of at least 4 members (excludes halogenated alkanes) is 6. The van der Waals surface area contributed by atoms with Gasteiger partial charge in [-0.2, -0.15) is 0 Å². The Morgan fingerprint density at radius 1 is 0.727 bits per heavy atom. The molecule has 0 aliphatic carbocycles. The van der Waals surface area contributed by atoms with Gasteiger partial charge in [-0.15, -0.1) is 0 Å². The van der Waals surface area contributed by atoms with E-state index in [1.165, 1.54) is 77.4 Å². The van der Waals surface area contributed by atoms with Crippen LogP contribution in [0.25, 0.3) is 0 Å². The molecule has 0 heterocycles. The van der Waals surface area contributed by atoms with Gasteiger partial charge in [-0.05, 0) is 58.2 Å². The van der Waals surface area contributed by atoms with Crippen LogP contribution in [0.15, 0.2) is 25.1 Å². The summed E-state index contributed by atoms with van der Waals surface area (Å²) in [5, 5.41) is 0. The van der Waals surface area contributed by atoms with E-state index in [-0.39, 0.29) is 0 Å². The Balaban J connectivity index is 3.88. The highest BCUT2D eigenvalue weighted by molar-refractivity contribution is 4.85. The van der Waals surface area contributed by atoms with Gasteiger partial charge in [0.15, 0.2) is 0 Å². The standard InChI is InChI=1S/C20H40N2/c1-5-9-11-12-13-14-18-22(17-10-6-2)20-15-19-21(8-4)16-7-3/h7-8,16H,4-6,9-15,17-20H2,1-3H3/b16-7-. The molecule has 2 nitrogen and oxygen atoms in total. The summed E-state index contributed by atoms with van der Waals surface area (Å²) >= 11 is 0. The minimum Gasteiger partial charge on any atom is -0.355 e. The molecule has 130 valence electrons. The van der Waals surface area contributed by atoms with Crippen LogP contribution in [0.4, 0.5) is 0 Å².